The first-order chi connectivity index (χ1) is 8.82. The summed E-state index contributed by atoms with van der Waals surface area (Å²) in [6.45, 7) is 9.91. The van der Waals surface area contributed by atoms with Crippen LogP contribution in [-0.2, 0) is 19.2 Å². The highest BCUT2D eigenvalue weighted by Gasteiger charge is 2.23. The number of nitrogens with zero attached hydrogens (tertiary/aromatic N) is 1. The summed E-state index contributed by atoms with van der Waals surface area (Å²) in [7, 11) is 1.38. The topological polar surface area (TPSA) is 63.7 Å². The Kier molecular flexibility index (Phi) is 11.0. The van der Waals surface area contributed by atoms with Crippen molar-refractivity contribution in [1.82, 2.24) is 5.06 Å². The van der Waals surface area contributed by atoms with Crippen LogP contribution in [0, 0.1) is 5.41 Å². The quantitative estimate of drug-likeness (QED) is 0.551. The molecule has 5 nitrogen and oxygen atoms in total. The van der Waals surface area contributed by atoms with Crippen LogP contribution in [0.4, 0.5) is 0 Å². The van der Waals surface area contributed by atoms with Crippen molar-refractivity contribution >= 4 is 18.2 Å². The van der Waals surface area contributed by atoms with Gasteiger partial charge in [-0.05, 0) is 5.41 Å². The van der Waals surface area contributed by atoms with Crippen molar-refractivity contribution in [3.8, 4) is 0 Å². The van der Waals surface area contributed by atoms with Gasteiger partial charge in [0.25, 0.3) is 5.91 Å². The van der Waals surface area contributed by atoms with Crippen LogP contribution < -0.4 is 0 Å². The second-order valence-electron chi connectivity index (χ2n) is 4.75. The number of aldehydes is 1. The molecule has 0 aliphatic heterocycles. The molecule has 0 saturated carbocycles. The number of hydrogen-bond acceptors (Lipinski definition) is 4. The SMILES string of the molecule is CC.CCC(C)(C)CC(=O)ON(C)C(=O)CCC=O. The average Bonchev–Trinajstić information content (AvgIpc) is 2.37. The van der Waals surface area contributed by atoms with Gasteiger partial charge in [-0.1, -0.05) is 41.0 Å². The van der Waals surface area contributed by atoms with Crippen LogP contribution in [-0.4, -0.2) is 30.3 Å². The van der Waals surface area contributed by atoms with E-state index >= 15 is 0 Å². The van der Waals surface area contributed by atoms with E-state index in [2.05, 4.69) is 0 Å². The molecular weight excluding hydrogens is 246 g/mol. The highest BCUT2D eigenvalue weighted by atomic mass is 16.7. The van der Waals surface area contributed by atoms with Crippen LogP contribution in [0.1, 0.15) is 60.3 Å². The molecule has 0 aliphatic carbocycles. The fourth-order valence-electron chi connectivity index (χ4n) is 1.09. The zero-order valence-corrected chi connectivity index (χ0v) is 13.0. The maximum atomic E-state index is 11.5. The average molecular weight is 273 g/mol. The number of carbonyl (C=O) groups excluding carboxylic acids is 3. The fourth-order valence-corrected chi connectivity index (χ4v) is 1.09. The first-order valence-corrected chi connectivity index (χ1v) is 6.73. The van der Waals surface area contributed by atoms with Gasteiger partial charge in [0.15, 0.2) is 0 Å². The zero-order chi connectivity index (χ0) is 15.5. The van der Waals surface area contributed by atoms with Crippen LogP contribution >= 0.6 is 0 Å². The van der Waals surface area contributed by atoms with Crippen molar-refractivity contribution in [3.63, 3.8) is 0 Å². The molecule has 0 spiro atoms. The lowest BCUT2D eigenvalue weighted by molar-refractivity contribution is -0.194. The Hall–Kier alpha value is -1.39. The van der Waals surface area contributed by atoms with E-state index in [1.165, 1.54) is 7.05 Å². The molecule has 0 fully saturated rings. The molecule has 0 N–H and O–H groups in total. The van der Waals surface area contributed by atoms with E-state index in [0.29, 0.717) is 6.29 Å². The molecule has 0 heterocycles. The standard InChI is InChI=1S/C12H21NO4.C2H6/c1-5-12(2,3)9-11(16)17-13(4)10(15)7-6-8-14;1-2/h8H,5-7,9H2,1-4H3;1-2H3. The molecule has 0 rings (SSSR count). The molecule has 0 unspecified atom stereocenters. The summed E-state index contributed by atoms with van der Waals surface area (Å²) in [4.78, 5) is 37.9. The summed E-state index contributed by atoms with van der Waals surface area (Å²) < 4.78 is 0. The first-order valence-electron chi connectivity index (χ1n) is 6.73. The maximum Gasteiger partial charge on any atom is 0.333 e. The van der Waals surface area contributed by atoms with Crippen LogP contribution in [0.5, 0.6) is 0 Å². The smallest absolute Gasteiger partial charge is 0.333 e. The number of hydroxylamine groups is 2. The van der Waals surface area contributed by atoms with Gasteiger partial charge in [-0.25, -0.2) is 4.79 Å². The van der Waals surface area contributed by atoms with Crippen LogP contribution in [0.2, 0.25) is 0 Å². The molecule has 0 radical (unpaired) electrons. The molecule has 1 amide bonds. The monoisotopic (exact) mass is 273 g/mol. The molecule has 0 saturated heterocycles. The Bertz CT molecular complexity index is 287. The summed E-state index contributed by atoms with van der Waals surface area (Å²) in [6, 6.07) is 0. The van der Waals surface area contributed by atoms with Crippen molar-refractivity contribution in [1.29, 1.82) is 0 Å². The minimum Gasteiger partial charge on any atom is -0.338 e. The van der Waals surface area contributed by atoms with Crippen LogP contribution in [0.25, 0.3) is 0 Å². The second-order valence-corrected chi connectivity index (χ2v) is 4.75. The summed E-state index contributed by atoms with van der Waals surface area (Å²) >= 11 is 0. The summed E-state index contributed by atoms with van der Waals surface area (Å²) in [5, 5.41) is 0.900. The third-order valence-electron chi connectivity index (χ3n) is 2.65. The van der Waals surface area contributed by atoms with Gasteiger partial charge in [0.1, 0.15) is 6.29 Å². The third-order valence-corrected chi connectivity index (χ3v) is 2.65. The lowest BCUT2D eigenvalue weighted by Gasteiger charge is -2.23. The second kappa shape index (κ2) is 10.5. The minimum absolute atomic E-state index is 0.0600. The molecule has 0 bridgehead atoms. The Morgan fingerprint density at radius 3 is 2.21 bits per heavy atom. The Labute approximate surface area is 116 Å². The van der Waals surface area contributed by atoms with E-state index in [9.17, 15) is 14.4 Å². The van der Waals surface area contributed by atoms with E-state index < -0.39 is 5.97 Å². The van der Waals surface area contributed by atoms with Crippen molar-refractivity contribution < 1.29 is 19.2 Å². The van der Waals surface area contributed by atoms with E-state index in [-0.39, 0.29) is 30.6 Å². The molecule has 0 atom stereocenters. The molecule has 19 heavy (non-hydrogen) atoms. The van der Waals surface area contributed by atoms with E-state index in [1.807, 2.05) is 34.6 Å². The molecule has 0 aromatic carbocycles. The van der Waals surface area contributed by atoms with Crippen molar-refractivity contribution in [2.24, 2.45) is 5.41 Å². The van der Waals surface area contributed by atoms with Crippen LogP contribution in [0.15, 0.2) is 0 Å². The first kappa shape index (κ1) is 19.9. The van der Waals surface area contributed by atoms with Gasteiger partial charge in [0, 0.05) is 19.9 Å². The molecule has 0 aromatic heterocycles. The van der Waals surface area contributed by atoms with Gasteiger partial charge in [-0.2, -0.15) is 5.06 Å². The van der Waals surface area contributed by atoms with Crippen LogP contribution in [0.3, 0.4) is 0 Å². The van der Waals surface area contributed by atoms with Crippen molar-refractivity contribution in [2.75, 3.05) is 7.05 Å². The molecule has 0 aromatic rings. The minimum atomic E-state index is -0.432. The summed E-state index contributed by atoms with van der Waals surface area (Å²) in [5.74, 6) is -0.807. The predicted molar refractivity (Wildman–Crippen MR) is 74.2 cm³/mol. The Morgan fingerprint density at radius 2 is 1.79 bits per heavy atom. The van der Waals surface area contributed by atoms with Gasteiger partial charge in [0.2, 0.25) is 0 Å². The number of carbonyl (C=O) groups is 3. The normalized spacial score (nSPS) is 10.0. The lowest BCUT2D eigenvalue weighted by Crippen LogP contribution is -2.31. The Balaban J connectivity index is 0. The highest BCUT2D eigenvalue weighted by molar-refractivity contribution is 5.79. The van der Waals surface area contributed by atoms with Gasteiger partial charge < -0.3 is 9.63 Å². The zero-order valence-electron chi connectivity index (χ0n) is 13.0. The Morgan fingerprint density at radius 1 is 1.26 bits per heavy atom. The molecule has 112 valence electrons. The van der Waals surface area contributed by atoms with E-state index in [1.54, 1.807) is 0 Å². The summed E-state index contributed by atoms with van der Waals surface area (Å²) in [6.07, 6.45) is 1.97. The van der Waals surface area contributed by atoms with Gasteiger partial charge in [-0.3, -0.25) is 4.79 Å². The van der Waals surface area contributed by atoms with Gasteiger partial charge in [0.05, 0.1) is 6.42 Å². The number of hydrogen-bond donors (Lipinski definition) is 0. The molecule has 0 aliphatic rings. The highest BCUT2D eigenvalue weighted by Crippen LogP contribution is 2.24. The van der Waals surface area contributed by atoms with Crippen molar-refractivity contribution in [3.05, 3.63) is 0 Å². The number of amides is 1. The fraction of sp³-hybridized carbons (Fsp3) is 0.786. The predicted octanol–water partition coefficient (Wildman–Crippen LogP) is 2.73. The van der Waals surface area contributed by atoms with E-state index in [4.69, 9.17) is 4.84 Å². The van der Waals surface area contributed by atoms with E-state index in [0.717, 1.165) is 11.5 Å². The maximum absolute atomic E-state index is 11.5. The van der Waals surface area contributed by atoms with Crippen molar-refractivity contribution in [2.45, 2.75) is 60.3 Å². The summed E-state index contributed by atoms with van der Waals surface area (Å²) in [5.41, 5.74) is -0.135. The number of rotatable bonds is 6. The molecular formula is C14H27NO4. The van der Waals surface area contributed by atoms with Gasteiger partial charge in [-0.15, -0.1) is 0 Å². The largest absolute Gasteiger partial charge is 0.338 e. The molecule has 5 heteroatoms. The third kappa shape index (κ3) is 10.2. The van der Waals surface area contributed by atoms with Gasteiger partial charge >= 0.3 is 5.97 Å². The lowest BCUT2D eigenvalue weighted by atomic mass is 9.87.